The van der Waals surface area contributed by atoms with Gasteiger partial charge in [0.15, 0.2) is 9.84 Å². The van der Waals surface area contributed by atoms with Gasteiger partial charge in [-0.1, -0.05) is 43.8 Å². The Morgan fingerprint density at radius 1 is 0.857 bits per heavy atom. The Hall–Kier alpha value is -3.16. The van der Waals surface area contributed by atoms with E-state index in [2.05, 4.69) is 0 Å². The fraction of sp³-hybridized carbons (Fsp3) is 0.0952. The molecule has 0 aromatic heterocycles. The molecule has 0 fully saturated rings. The lowest BCUT2D eigenvalue weighted by Gasteiger charge is -2.10. The number of amides is 1. The first-order valence-electron chi connectivity index (χ1n) is 8.08. The number of hydrogen-bond donors (Lipinski definition) is 2. The largest absolute Gasteiger partial charge is 0.457 e. The molecular weight excluding hydrogens is 378 g/mol. The highest BCUT2D eigenvalue weighted by Gasteiger charge is 2.19. The van der Waals surface area contributed by atoms with Gasteiger partial charge in [0.25, 0.3) is 5.91 Å². The maximum Gasteiger partial charge on any atom is 0.274 e. The Bertz CT molecular complexity index is 1030. The number of hydrogen-bond acceptors (Lipinski definition) is 5. The number of carbonyl (C=O) groups excluding carboxylic acids is 1. The SMILES string of the molecule is C.O=C(NO)c1ccccc1CS(=O)(=O)c1ccc(Oc2ccccc2)cc1. The van der Waals surface area contributed by atoms with Crippen molar-refractivity contribution in [2.24, 2.45) is 0 Å². The maximum atomic E-state index is 12.7. The normalized spacial score (nSPS) is 10.6. The third-order valence-corrected chi connectivity index (χ3v) is 5.55. The number of benzene rings is 3. The molecule has 6 nitrogen and oxygen atoms in total. The first kappa shape index (κ1) is 21.1. The first-order valence-corrected chi connectivity index (χ1v) is 9.73. The number of hydroxylamine groups is 1. The van der Waals surface area contributed by atoms with Gasteiger partial charge in [0.05, 0.1) is 10.6 Å². The third kappa shape index (κ3) is 4.97. The molecule has 0 aliphatic rings. The van der Waals surface area contributed by atoms with Crippen molar-refractivity contribution >= 4 is 15.7 Å². The maximum absolute atomic E-state index is 12.7. The molecule has 1 amide bonds. The average molecular weight is 399 g/mol. The van der Waals surface area contributed by atoms with Crippen molar-refractivity contribution in [3.63, 3.8) is 0 Å². The summed E-state index contributed by atoms with van der Waals surface area (Å²) in [5.41, 5.74) is 1.93. The fourth-order valence-corrected chi connectivity index (χ4v) is 3.93. The quantitative estimate of drug-likeness (QED) is 0.478. The van der Waals surface area contributed by atoms with E-state index in [-0.39, 0.29) is 23.6 Å². The van der Waals surface area contributed by atoms with Gasteiger partial charge in [-0.15, -0.1) is 0 Å². The van der Waals surface area contributed by atoms with Crippen LogP contribution in [-0.2, 0) is 15.6 Å². The van der Waals surface area contributed by atoms with Crippen molar-refractivity contribution in [1.82, 2.24) is 5.48 Å². The molecule has 3 rings (SSSR count). The third-order valence-electron chi connectivity index (χ3n) is 3.87. The Labute approximate surface area is 164 Å². The summed E-state index contributed by atoms with van der Waals surface area (Å²) in [4.78, 5) is 11.8. The average Bonchev–Trinajstić information content (AvgIpc) is 2.69. The number of carbonyl (C=O) groups is 1. The van der Waals surface area contributed by atoms with Crippen LogP contribution >= 0.6 is 0 Å². The van der Waals surface area contributed by atoms with Crippen LogP contribution in [0.5, 0.6) is 11.5 Å². The smallest absolute Gasteiger partial charge is 0.274 e. The number of para-hydroxylation sites is 1. The standard InChI is InChI=1S/C20H17NO5S.CH4/c22-20(21-23)19-9-5-4-6-15(19)14-27(24,25)18-12-10-17(11-13-18)26-16-7-2-1-3-8-16;/h1-13,23H,14H2,(H,21,22);1H4. The molecule has 0 radical (unpaired) electrons. The van der Waals surface area contributed by atoms with Crippen molar-refractivity contribution in [2.75, 3.05) is 0 Å². The number of ether oxygens (including phenoxy) is 1. The van der Waals surface area contributed by atoms with Gasteiger partial charge in [-0.25, -0.2) is 13.9 Å². The molecule has 0 bridgehead atoms. The summed E-state index contributed by atoms with van der Waals surface area (Å²) in [7, 11) is -3.68. The molecule has 2 N–H and O–H groups in total. The minimum absolute atomic E-state index is 0. The van der Waals surface area contributed by atoms with Gasteiger partial charge in [-0.2, -0.15) is 0 Å². The fourth-order valence-electron chi connectivity index (χ4n) is 2.56. The topological polar surface area (TPSA) is 92.7 Å². The van der Waals surface area contributed by atoms with Crippen LogP contribution in [-0.4, -0.2) is 19.5 Å². The van der Waals surface area contributed by atoms with Crippen molar-refractivity contribution in [1.29, 1.82) is 0 Å². The highest BCUT2D eigenvalue weighted by molar-refractivity contribution is 7.90. The Morgan fingerprint density at radius 3 is 2.07 bits per heavy atom. The summed E-state index contributed by atoms with van der Waals surface area (Å²) >= 11 is 0. The lowest BCUT2D eigenvalue weighted by atomic mass is 10.1. The van der Waals surface area contributed by atoms with E-state index in [4.69, 9.17) is 9.94 Å². The van der Waals surface area contributed by atoms with Crippen LogP contribution in [0.3, 0.4) is 0 Å². The van der Waals surface area contributed by atoms with E-state index in [9.17, 15) is 13.2 Å². The summed E-state index contributed by atoms with van der Waals surface area (Å²) in [5, 5.41) is 8.82. The molecular formula is C21H21NO5S. The van der Waals surface area contributed by atoms with Gasteiger partial charge >= 0.3 is 0 Å². The molecule has 0 aliphatic carbocycles. The van der Waals surface area contributed by atoms with E-state index in [0.29, 0.717) is 17.1 Å². The second kappa shape index (κ2) is 9.16. The molecule has 0 saturated carbocycles. The van der Waals surface area contributed by atoms with Crippen LogP contribution in [0, 0.1) is 0 Å². The van der Waals surface area contributed by atoms with Gasteiger partial charge in [-0.05, 0) is 48.0 Å². The van der Waals surface area contributed by atoms with Crippen LogP contribution in [0.1, 0.15) is 23.3 Å². The lowest BCUT2D eigenvalue weighted by molar-refractivity contribution is 0.0705. The number of sulfone groups is 1. The van der Waals surface area contributed by atoms with Crippen molar-refractivity contribution in [3.8, 4) is 11.5 Å². The molecule has 3 aromatic carbocycles. The van der Waals surface area contributed by atoms with Gasteiger partial charge in [0.1, 0.15) is 11.5 Å². The zero-order valence-electron chi connectivity index (χ0n) is 14.2. The monoisotopic (exact) mass is 399 g/mol. The molecule has 0 atom stereocenters. The molecule has 0 aliphatic heterocycles. The van der Waals surface area contributed by atoms with Gasteiger partial charge in [-0.3, -0.25) is 10.0 Å². The minimum Gasteiger partial charge on any atom is -0.457 e. The highest BCUT2D eigenvalue weighted by Crippen LogP contribution is 2.25. The van der Waals surface area contributed by atoms with Crippen molar-refractivity contribution in [2.45, 2.75) is 18.1 Å². The molecule has 0 unspecified atom stereocenters. The van der Waals surface area contributed by atoms with Crippen LogP contribution in [0.25, 0.3) is 0 Å². The molecule has 7 heteroatoms. The predicted octanol–water partition coefficient (Wildman–Crippen LogP) is 4.21. The summed E-state index contributed by atoms with van der Waals surface area (Å²) in [6, 6.07) is 21.4. The van der Waals surface area contributed by atoms with Crippen LogP contribution < -0.4 is 10.2 Å². The number of nitrogens with one attached hydrogen (secondary N) is 1. The molecule has 3 aromatic rings. The van der Waals surface area contributed by atoms with Gasteiger partial charge in [0, 0.05) is 5.56 Å². The van der Waals surface area contributed by atoms with Crippen LogP contribution in [0.4, 0.5) is 0 Å². The van der Waals surface area contributed by atoms with Gasteiger partial charge < -0.3 is 4.74 Å². The predicted molar refractivity (Wildman–Crippen MR) is 106 cm³/mol. The van der Waals surface area contributed by atoms with Crippen molar-refractivity contribution < 1.29 is 23.2 Å². The summed E-state index contributed by atoms with van der Waals surface area (Å²) in [6.07, 6.45) is 0. The molecule has 0 heterocycles. The molecule has 146 valence electrons. The zero-order valence-corrected chi connectivity index (χ0v) is 15.0. The van der Waals surface area contributed by atoms with E-state index in [1.165, 1.54) is 29.7 Å². The van der Waals surface area contributed by atoms with E-state index in [1.807, 2.05) is 18.2 Å². The Kier molecular flexibility index (Phi) is 6.92. The Balaban J connectivity index is 0.00000280. The van der Waals surface area contributed by atoms with Crippen molar-refractivity contribution in [3.05, 3.63) is 90.0 Å². The second-order valence-corrected chi connectivity index (χ2v) is 7.73. The van der Waals surface area contributed by atoms with Crippen LogP contribution in [0.2, 0.25) is 0 Å². The molecule has 0 saturated heterocycles. The first-order chi connectivity index (χ1) is 13.0. The Morgan fingerprint density at radius 2 is 1.43 bits per heavy atom. The zero-order chi connectivity index (χ0) is 19.3. The minimum atomic E-state index is -3.68. The van der Waals surface area contributed by atoms with Gasteiger partial charge in [0.2, 0.25) is 0 Å². The summed E-state index contributed by atoms with van der Waals surface area (Å²) in [5.74, 6) is 0.0415. The second-order valence-electron chi connectivity index (χ2n) is 5.74. The van der Waals surface area contributed by atoms with E-state index < -0.39 is 15.7 Å². The van der Waals surface area contributed by atoms with Crippen LogP contribution in [0.15, 0.2) is 83.8 Å². The summed E-state index contributed by atoms with van der Waals surface area (Å²) < 4.78 is 31.1. The summed E-state index contributed by atoms with van der Waals surface area (Å²) in [6.45, 7) is 0. The van der Waals surface area contributed by atoms with E-state index in [1.54, 1.807) is 36.4 Å². The number of rotatable bonds is 6. The van der Waals surface area contributed by atoms with E-state index >= 15 is 0 Å². The molecule has 28 heavy (non-hydrogen) atoms. The highest BCUT2D eigenvalue weighted by atomic mass is 32.2. The molecule has 0 spiro atoms. The van der Waals surface area contributed by atoms with E-state index in [0.717, 1.165) is 0 Å². The lowest BCUT2D eigenvalue weighted by Crippen LogP contribution is -2.21.